The van der Waals surface area contributed by atoms with Gasteiger partial charge in [0.2, 0.25) is 5.91 Å². The molecule has 0 aromatic heterocycles. The summed E-state index contributed by atoms with van der Waals surface area (Å²) in [5.74, 6) is -0.357. The lowest BCUT2D eigenvalue weighted by atomic mass is 9.95. The smallest absolute Gasteiger partial charge is 0.317 e. The van der Waals surface area contributed by atoms with Gasteiger partial charge in [0.25, 0.3) is 0 Å². The number of amides is 3. The van der Waals surface area contributed by atoms with Gasteiger partial charge in [-0.25, -0.2) is 4.79 Å². The van der Waals surface area contributed by atoms with Gasteiger partial charge in [0.15, 0.2) is 0 Å². The molecule has 6 heteroatoms. The normalized spacial score (nSPS) is 25.1. The van der Waals surface area contributed by atoms with Crippen molar-refractivity contribution in [3.05, 3.63) is 0 Å². The molecule has 0 aromatic carbocycles. The molecule has 1 unspecified atom stereocenters. The van der Waals surface area contributed by atoms with Crippen molar-refractivity contribution in [3.8, 4) is 0 Å². The van der Waals surface area contributed by atoms with E-state index in [4.69, 9.17) is 5.73 Å². The summed E-state index contributed by atoms with van der Waals surface area (Å²) in [6.07, 6.45) is 6.01. The van der Waals surface area contributed by atoms with E-state index in [9.17, 15) is 9.59 Å². The minimum absolute atomic E-state index is 0.0420. The topological polar surface area (TPSA) is 87.5 Å². The average Bonchev–Trinajstić information content (AvgIpc) is 2.39. The highest BCUT2D eigenvalue weighted by atomic mass is 16.2. The first kappa shape index (κ1) is 14.1. The average molecular weight is 268 g/mol. The molecule has 0 bridgehead atoms. The van der Waals surface area contributed by atoms with Crippen molar-refractivity contribution in [1.82, 2.24) is 15.5 Å². The predicted molar refractivity (Wildman–Crippen MR) is 72.6 cm³/mol. The number of nitrogens with zero attached hydrogens (tertiary/aromatic N) is 1. The van der Waals surface area contributed by atoms with Crippen LogP contribution in [0.3, 0.4) is 0 Å². The Labute approximate surface area is 114 Å². The molecular formula is C13H24N4O2. The number of nitrogens with two attached hydrogens (primary N) is 1. The van der Waals surface area contributed by atoms with Crippen molar-refractivity contribution in [2.45, 2.75) is 50.6 Å². The Bertz CT molecular complexity index is 329. The van der Waals surface area contributed by atoms with Crippen molar-refractivity contribution in [3.63, 3.8) is 0 Å². The first-order valence-corrected chi connectivity index (χ1v) is 7.23. The van der Waals surface area contributed by atoms with Gasteiger partial charge in [-0.3, -0.25) is 4.79 Å². The minimum Gasteiger partial charge on any atom is -0.370 e. The standard InChI is InChI=1S/C13H24N4O2/c14-12(18)8-11-9-15-6-7-17(11)13(19)16-10-4-2-1-3-5-10/h10-11,15H,1-9H2,(H2,14,18)(H,16,19). The van der Waals surface area contributed by atoms with Gasteiger partial charge >= 0.3 is 6.03 Å². The third-order valence-corrected chi connectivity index (χ3v) is 3.98. The summed E-state index contributed by atoms with van der Waals surface area (Å²) in [6.45, 7) is 2.05. The van der Waals surface area contributed by atoms with E-state index in [1.807, 2.05) is 0 Å². The number of urea groups is 1. The zero-order valence-corrected chi connectivity index (χ0v) is 11.4. The highest BCUT2D eigenvalue weighted by Gasteiger charge is 2.29. The third-order valence-electron chi connectivity index (χ3n) is 3.98. The van der Waals surface area contributed by atoms with E-state index < -0.39 is 0 Å². The van der Waals surface area contributed by atoms with Crippen molar-refractivity contribution < 1.29 is 9.59 Å². The molecule has 0 aromatic rings. The monoisotopic (exact) mass is 268 g/mol. The molecule has 1 aliphatic heterocycles. The number of piperazine rings is 1. The van der Waals surface area contributed by atoms with Gasteiger partial charge in [-0.15, -0.1) is 0 Å². The van der Waals surface area contributed by atoms with Crippen molar-refractivity contribution in [1.29, 1.82) is 0 Å². The van der Waals surface area contributed by atoms with Gasteiger partial charge in [0.1, 0.15) is 0 Å². The number of primary amides is 1. The molecule has 1 heterocycles. The van der Waals surface area contributed by atoms with Crippen molar-refractivity contribution in [2.75, 3.05) is 19.6 Å². The third kappa shape index (κ3) is 4.09. The van der Waals surface area contributed by atoms with Gasteiger partial charge in [0.05, 0.1) is 6.04 Å². The van der Waals surface area contributed by atoms with Crippen LogP contribution in [0.4, 0.5) is 4.79 Å². The van der Waals surface area contributed by atoms with Crippen LogP contribution in [0.25, 0.3) is 0 Å². The molecule has 108 valence electrons. The summed E-state index contributed by atoms with van der Waals surface area (Å²) < 4.78 is 0. The maximum absolute atomic E-state index is 12.3. The maximum Gasteiger partial charge on any atom is 0.317 e. The molecule has 0 spiro atoms. The number of carbonyl (C=O) groups is 2. The molecule has 2 rings (SSSR count). The Morgan fingerprint density at radius 3 is 2.68 bits per heavy atom. The van der Waals surface area contributed by atoms with Crippen LogP contribution in [0.2, 0.25) is 0 Å². The fourth-order valence-corrected chi connectivity index (χ4v) is 2.95. The molecule has 1 saturated carbocycles. The predicted octanol–water partition coefficient (Wildman–Crippen LogP) is 0.178. The van der Waals surface area contributed by atoms with Gasteiger partial charge < -0.3 is 21.3 Å². The molecular weight excluding hydrogens is 244 g/mol. The Balaban J connectivity index is 1.88. The first-order valence-electron chi connectivity index (χ1n) is 7.23. The summed E-state index contributed by atoms with van der Waals surface area (Å²) in [7, 11) is 0. The largest absolute Gasteiger partial charge is 0.370 e. The molecule has 1 atom stereocenters. The van der Waals surface area contributed by atoms with Gasteiger partial charge in [0, 0.05) is 32.1 Å². The van der Waals surface area contributed by atoms with E-state index in [1.54, 1.807) is 4.90 Å². The lowest BCUT2D eigenvalue weighted by Crippen LogP contribution is -2.58. The van der Waals surface area contributed by atoms with Crippen LogP contribution < -0.4 is 16.4 Å². The first-order chi connectivity index (χ1) is 9.16. The van der Waals surface area contributed by atoms with Crippen molar-refractivity contribution >= 4 is 11.9 Å². The van der Waals surface area contributed by atoms with E-state index in [2.05, 4.69) is 10.6 Å². The lowest BCUT2D eigenvalue weighted by molar-refractivity contribution is -0.119. The molecule has 1 aliphatic carbocycles. The lowest BCUT2D eigenvalue weighted by Gasteiger charge is -2.37. The number of rotatable bonds is 3. The molecule has 2 aliphatic rings. The summed E-state index contributed by atoms with van der Waals surface area (Å²) in [5.41, 5.74) is 5.24. The maximum atomic E-state index is 12.3. The Morgan fingerprint density at radius 1 is 1.26 bits per heavy atom. The molecule has 6 nitrogen and oxygen atoms in total. The van der Waals surface area contributed by atoms with E-state index in [0.29, 0.717) is 19.1 Å². The van der Waals surface area contributed by atoms with Gasteiger partial charge in [-0.2, -0.15) is 0 Å². The van der Waals surface area contributed by atoms with Crippen LogP contribution in [0, 0.1) is 0 Å². The van der Waals surface area contributed by atoms with E-state index in [-0.39, 0.29) is 24.4 Å². The molecule has 2 fully saturated rings. The second kappa shape index (κ2) is 6.75. The fraction of sp³-hybridized carbons (Fsp3) is 0.846. The van der Waals surface area contributed by atoms with Gasteiger partial charge in [-0.05, 0) is 12.8 Å². The fourth-order valence-electron chi connectivity index (χ4n) is 2.95. The molecule has 0 radical (unpaired) electrons. The summed E-state index contributed by atoms with van der Waals surface area (Å²) >= 11 is 0. The molecule has 19 heavy (non-hydrogen) atoms. The van der Waals surface area contributed by atoms with Crippen LogP contribution in [-0.2, 0) is 4.79 Å². The minimum atomic E-state index is -0.357. The number of nitrogens with one attached hydrogen (secondary N) is 2. The molecule has 4 N–H and O–H groups in total. The van der Waals surface area contributed by atoms with Crippen LogP contribution in [-0.4, -0.2) is 48.6 Å². The second-order valence-electron chi connectivity index (χ2n) is 5.51. The summed E-state index contributed by atoms with van der Waals surface area (Å²) in [4.78, 5) is 25.1. The quantitative estimate of drug-likeness (QED) is 0.682. The van der Waals surface area contributed by atoms with Crippen LogP contribution in [0.5, 0.6) is 0 Å². The number of hydrogen-bond donors (Lipinski definition) is 3. The van der Waals surface area contributed by atoms with Gasteiger partial charge in [-0.1, -0.05) is 19.3 Å². The Morgan fingerprint density at radius 2 is 2.00 bits per heavy atom. The number of hydrogen-bond acceptors (Lipinski definition) is 3. The van der Waals surface area contributed by atoms with Crippen LogP contribution >= 0.6 is 0 Å². The zero-order valence-electron chi connectivity index (χ0n) is 11.4. The van der Waals surface area contributed by atoms with Crippen molar-refractivity contribution in [2.24, 2.45) is 5.73 Å². The van der Waals surface area contributed by atoms with E-state index in [0.717, 1.165) is 19.4 Å². The highest BCUT2D eigenvalue weighted by Crippen LogP contribution is 2.18. The highest BCUT2D eigenvalue weighted by molar-refractivity contribution is 5.78. The van der Waals surface area contributed by atoms with Crippen LogP contribution in [0.15, 0.2) is 0 Å². The molecule has 1 saturated heterocycles. The Kier molecular flexibility index (Phi) is 5.01. The second-order valence-corrected chi connectivity index (χ2v) is 5.51. The van der Waals surface area contributed by atoms with E-state index >= 15 is 0 Å². The summed E-state index contributed by atoms with van der Waals surface area (Å²) in [5, 5.41) is 6.30. The number of carbonyl (C=O) groups excluding carboxylic acids is 2. The van der Waals surface area contributed by atoms with Crippen LogP contribution in [0.1, 0.15) is 38.5 Å². The Hall–Kier alpha value is -1.30. The molecule has 3 amide bonds. The zero-order chi connectivity index (χ0) is 13.7. The summed E-state index contributed by atoms with van der Waals surface area (Å²) in [6, 6.07) is 0.139. The SMILES string of the molecule is NC(=O)CC1CNCCN1C(=O)NC1CCCCC1. The van der Waals surface area contributed by atoms with E-state index in [1.165, 1.54) is 19.3 Å².